The second-order valence-corrected chi connectivity index (χ2v) is 7.99. The minimum Gasteiger partial charge on any atom is -0.497 e. The van der Waals surface area contributed by atoms with Crippen LogP contribution in [-0.2, 0) is 13.1 Å². The van der Waals surface area contributed by atoms with Crippen molar-refractivity contribution in [2.75, 3.05) is 65.9 Å². The first kappa shape index (κ1) is 27.0. The molecule has 1 aliphatic rings. The first-order valence-electron chi connectivity index (χ1n) is 11.1. The van der Waals surface area contributed by atoms with Crippen LogP contribution in [0.2, 0.25) is 0 Å². The van der Waals surface area contributed by atoms with Crippen molar-refractivity contribution in [1.82, 2.24) is 20.1 Å². The lowest BCUT2D eigenvalue weighted by atomic mass is 10.1. The number of methoxy groups -OCH3 is 2. The highest BCUT2D eigenvalue weighted by atomic mass is 127. The average molecular weight is 569 g/mol. The van der Waals surface area contributed by atoms with Gasteiger partial charge in [-0.3, -0.25) is 4.90 Å². The fourth-order valence-corrected chi connectivity index (χ4v) is 3.91. The molecule has 0 amide bonds. The maximum Gasteiger partial charge on any atom is 0.194 e. The van der Waals surface area contributed by atoms with Crippen LogP contribution in [0.5, 0.6) is 11.5 Å². The van der Waals surface area contributed by atoms with Crippen LogP contribution < -0.4 is 19.7 Å². The van der Waals surface area contributed by atoms with Gasteiger partial charge in [-0.2, -0.15) is 0 Å². The molecule has 1 aromatic carbocycles. The number of hydrogen-bond acceptors (Lipinski definition) is 6. The molecule has 0 unspecified atom stereocenters. The molecular formula is C24H37IN6O2. The summed E-state index contributed by atoms with van der Waals surface area (Å²) in [6.07, 6.45) is 1.82. The molecule has 2 aromatic rings. The molecule has 1 saturated heterocycles. The highest BCUT2D eigenvalue weighted by Gasteiger charge is 2.21. The molecule has 2 heterocycles. The Labute approximate surface area is 215 Å². The van der Waals surface area contributed by atoms with E-state index in [9.17, 15) is 0 Å². The van der Waals surface area contributed by atoms with Gasteiger partial charge >= 0.3 is 0 Å². The van der Waals surface area contributed by atoms with Crippen molar-refractivity contribution in [2.45, 2.75) is 20.0 Å². The van der Waals surface area contributed by atoms with Gasteiger partial charge in [-0.15, -0.1) is 24.0 Å². The summed E-state index contributed by atoms with van der Waals surface area (Å²) in [5.74, 6) is 3.67. The first-order valence-corrected chi connectivity index (χ1v) is 11.1. The van der Waals surface area contributed by atoms with E-state index in [-0.39, 0.29) is 24.0 Å². The van der Waals surface area contributed by atoms with Crippen molar-refractivity contribution in [2.24, 2.45) is 4.99 Å². The van der Waals surface area contributed by atoms with Gasteiger partial charge in [0, 0.05) is 70.7 Å². The number of nitrogens with zero attached hydrogens (tertiary/aromatic N) is 5. The summed E-state index contributed by atoms with van der Waals surface area (Å²) < 4.78 is 10.9. The number of aromatic nitrogens is 1. The van der Waals surface area contributed by atoms with Gasteiger partial charge in [0.2, 0.25) is 0 Å². The van der Waals surface area contributed by atoms with Crippen molar-refractivity contribution < 1.29 is 9.47 Å². The van der Waals surface area contributed by atoms with Crippen molar-refractivity contribution in [1.29, 1.82) is 0 Å². The number of benzene rings is 1. The lowest BCUT2D eigenvalue weighted by Crippen LogP contribution is -2.52. The number of piperazine rings is 1. The van der Waals surface area contributed by atoms with Crippen LogP contribution >= 0.6 is 24.0 Å². The van der Waals surface area contributed by atoms with Crippen LogP contribution in [-0.4, -0.2) is 81.8 Å². The van der Waals surface area contributed by atoms with Crippen LogP contribution in [0, 0.1) is 0 Å². The average Bonchev–Trinajstić information content (AvgIpc) is 2.82. The van der Waals surface area contributed by atoms with Crippen LogP contribution in [0.15, 0.2) is 41.5 Å². The van der Waals surface area contributed by atoms with Crippen molar-refractivity contribution >= 4 is 35.8 Å². The molecule has 0 radical (unpaired) electrons. The summed E-state index contributed by atoms with van der Waals surface area (Å²) in [5.41, 5.74) is 2.27. The quantitative estimate of drug-likeness (QED) is 0.299. The Morgan fingerprint density at radius 1 is 1.09 bits per heavy atom. The predicted octanol–water partition coefficient (Wildman–Crippen LogP) is 3.07. The highest BCUT2D eigenvalue weighted by Crippen LogP contribution is 2.25. The van der Waals surface area contributed by atoms with E-state index in [0.717, 1.165) is 73.7 Å². The Bertz CT molecular complexity index is 900. The Kier molecular flexibility index (Phi) is 11.0. The molecule has 1 fully saturated rings. The summed E-state index contributed by atoms with van der Waals surface area (Å²) in [6, 6.07) is 10.0. The Morgan fingerprint density at radius 3 is 2.48 bits per heavy atom. The number of aliphatic imine (C=N–C) groups is 1. The summed E-state index contributed by atoms with van der Waals surface area (Å²) in [4.78, 5) is 16.2. The zero-order chi connectivity index (χ0) is 22.9. The number of nitrogens with one attached hydrogen (secondary N) is 1. The molecule has 33 heavy (non-hydrogen) atoms. The zero-order valence-electron chi connectivity index (χ0n) is 20.4. The Balaban J connectivity index is 0.00000385. The van der Waals surface area contributed by atoms with E-state index < -0.39 is 0 Å². The third kappa shape index (κ3) is 7.36. The topological polar surface area (TPSA) is 65.5 Å². The fourth-order valence-electron chi connectivity index (χ4n) is 3.91. The minimum absolute atomic E-state index is 0. The molecule has 0 spiro atoms. The maximum absolute atomic E-state index is 5.55. The zero-order valence-corrected chi connectivity index (χ0v) is 22.7. The molecule has 0 bridgehead atoms. The highest BCUT2D eigenvalue weighted by molar-refractivity contribution is 14.0. The molecule has 1 N–H and O–H groups in total. The molecule has 1 aromatic heterocycles. The third-order valence-corrected chi connectivity index (χ3v) is 5.58. The molecule has 9 heteroatoms. The van der Waals surface area contributed by atoms with Crippen LogP contribution in [0.1, 0.15) is 18.1 Å². The summed E-state index contributed by atoms with van der Waals surface area (Å²) >= 11 is 0. The molecular weight excluding hydrogens is 531 g/mol. The van der Waals surface area contributed by atoms with Gasteiger partial charge < -0.3 is 24.6 Å². The third-order valence-electron chi connectivity index (χ3n) is 5.58. The van der Waals surface area contributed by atoms with Crippen molar-refractivity contribution in [3.8, 4) is 11.5 Å². The van der Waals surface area contributed by atoms with Crippen molar-refractivity contribution in [3.63, 3.8) is 0 Å². The monoisotopic (exact) mass is 568 g/mol. The molecule has 182 valence electrons. The number of pyridine rings is 1. The number of anilines is 1. The Hall–Kier alpha value is -2.27. The van der Waals surface area contributed by atoms with Gasteiger partial charge in [0.25, 0.3) is 0 Å². The maximum atomic E-state index is 5.55. The Morgan fingerprint density at radius 2 is 1.85 bits per heavy atom. The molecule has 0 atom stereocenters. The number of halogens is 1. The molecule has 0 aliphatic carbocycles. The normalized spacial score (nSPS) is 14.5. The predicted molar refractivity (Wildman–Crippen MR) is 145 cm³/mol. The van der Waals surface area contributed by atoms with Gasteiger partial charge in [0.1, 0.15) is 17.3 Å². The molecule has 1 aliphatic heterocycles. The number of rotatable bonds is 8. The van der Waals surface area contributed by atoms with E-state index in [1.807, 2.05) is 43.4 Å². The van der Waals surface area contributed by atoms with Gasteiger partial charge in [-0.05, 0) is 31.2 Å². The summed E-state index contributed by atoms with van der Waals surface area (Å²) in [7, 11) is 7.43. The van der Waals surface area contributed by atoms with Gasteiger partial charge in [0.05, 0.1) is 20.8 Å². The lowest BCUT2D eigenvalue weighted by molar-refractivity contribution is 0.171. The largest absolute Gasteiger partial charge is 0.497 e. The molecule has 8 nitrogen and oxygen atoms in total. The van der Waals surface area contributed by atoms with Gasteiger partial charge in [0.15, 0.2) is 5.96 Å². The van der Waals surface area contributed by atoms with Crippen LogP contribution in [0.3, 0.4) is 0 Å². The second-order valence-electron chi connectivity index (χ2n) is 7.99. The number of guanidine groups is 1. The smallest absolute Gasteiger partial charge is 0.194 e. The number of ether oxygens (including phenoxy) is 2. The van der Waals surface area contributed by atoms with Gasteiger partial charge in [-0.1, -0.05) is 6.07 Å². The van der Waals surface area contributed by atoms with E-state index in [2.05, 4.69) is 39.2 Å². The lowest BCUT2D eigenvalue weighted by Gasteiger charge is -2.36. The van der Waals surface area contributed by atoms with Crippen LogP contribution in [0.25, 0.3) is 0 Å². The SMILES string of the molecule is CCNC(=NCc1cccnc1N(C)C)N1CCN(Cc2cc(OC)ccc2OC)CC1.I. The number of hydrogen-bond donors (Lipinski definition) is 1. The van der Waals surface area contributed by atoms with E-state index in [1.54, 1.807) is 14.2 Å². The molecule has 3 rings (SSSR count). The second kappa shape index (κ2) is 13.4. The van der Waals surface area contributed by atoms with E-state index in [1.165, 1.54) is 0 Å². The summed E-state index contributed by atoms with van der Waals surface area (Å²) in [6.45, 7) is 8.15. The molecule has 0 saturated carbocycles. The first-order chi connectivity index (χ1) is 15.5. The standard InChI is InChI=1S/C24H36N6O2.HI/c1-6-25-24(27-17-19-8-7-11-26-23(19)28(2)3)30-14-12-29(13-15-30)18-20-16-21(31-4)9-10-22(20)32-5;/h7-11,16H,6,12-15,17-18H2,1-5H3,(H,25,27);1H. The summed E-state index contributed by atoms with van der Waals surface area (Å²) in [5, 5.41) is 3.46. The van der Waals surface area contributed by atoms with Crippen molar-refractivity contribution in [3.05, 3.63) is 47.7 Å². The fraction of sp³-hybridized carbons (Fsp3) is 0.500. The van der Waals surface area contributed by atoms with Gasteiger partial charge in [-0.25, -0.2) is 9.98 Å². The van der Waals surface area contributed by atoms with E-state index in [0.29, 0.717) is 6.54 Å². The minimum atomic E-state index is 0. The van der Waals surface area contributed by atoms with E-state index >= 15 is 0 Å². The van der Waals surface area contributed by atoms with E-state index in [4.69, 9.17) is 14.5 Å². The van der Waals surface area contributed by atoms with Crippen LogP contribution in [0.4, 0.5) is 5.82 Å².